The number of phenols is 1. The van der Waals surface area contributed by atoms with Crippen molar-refractivity contribution in [2.75, 3.05) is 33.8 Å². The molecular formula is C19H28IN3O2S. The number of hydrogen-bond acceptors (Lipinski definition) is 4. The van der Waals surface area contributed by atoms with E-state index in [-0.39, 0.29) is 29.7 Å². The van der Waals surface area contributed by atoms with Gasteiger partial charge in [-0.3, -0.25) is 4.99 Å². The van der Waals surface area contributed by atoms with Crippen molar-refractivity contribution in [1.82, 2.24) is 10.2 Å². The van der Waals surface area contributed by atoms with Gasteiger partial charge in [-0.05, 0) is 42.8 Å². The van der Waals surface area contributed by atoms with Gasteiger partial charge in [0.2, 0.25) is 0 Å². The molecule has 1 aromatic heterocycles. The summed E-state index contributed by atoms with van der Waals surface area (Å²) in [6.45, 7) is 4.41. The number of rotatable bonds is 8. The van der Waals surface area contributed by atoms with Gasteiger partial charge in [-0.2, -0.15) is 0 Å². The second-order valence-electron chi connectivity index (χ2n) is 5.70. The molecule has 0 spiro atoms. The molecule has 0 radical (unpaired) electrons. The Labute approximate surface area is 177 Å². The lowest BCUT2D eigenvalue weighted by Gasteiger charge is -2.21. The van der Waals surface area contributed by atoms with Crippen LogP contribution in [0.1, 0.15) is 17.4 Å². The zero-order chi connectivity index (χ0) is 18.1. The number of ether oxygens (including phenoxy) is 1. The molecule has 2 rings (SSSR count). The van der Waals surface area contributed by atoms with Crippen molar-refractivity contribution in [2.24, 2.45) is 4.99 Å². The van der Waals surface area contributed by atoms with Crippen LogP contribution < -0.4 is 10.1 Å². The molecule has 0 fully saturated rings. The van der Waals surface area contributed by atoms with Gasteiger partial charge in [0.05, 0.1) is 7.11 Å². The fraction of sp³-hybridized carbons (Fsp3) is 0.421. The number of halogens is 1. The van der Waals surface area contributed by atoms with Gasteiger partial charge in [-0.25, -0.2) is 0 Å². The predicted octanol–water partition coefficient (Wildman–Crippen LogP) is 3.76. The summed E-state index contributed by atoms with van der Waals surface area (Å²) >= 11 is 1.78. The fourth-order valence-electron chi connectivity index (χ4n) is 2.52. The van der Waals surface area contributed by atoms with Crippen LogP contribution >= 0.6 is 35.3 Å². The molecule has 0 saturated carbocycles. The third kappa shape index (κ3) is 6.68. The topological polar surface area (TPSA) is 57.1 Å². The molecule has 144 valence electrons. The van der Waals surface area contributed by atoms with Crippen LogP contribution in [0.4, 0.5) is 0 Å². The van der Waals surface area contributed by atoms with Gasteiger partial charge in [-0.1, -0.05) is 18.2 Å². The summed E-state index contributed by atoms with van der Waals surface area (Å²) in [5.74, 6) is 1.60. The molecule has 2 N–H and O–H groups in total. The van der Waals surface area contributed by atoms with E-state index in [1.54, 1.807) is 24.5 Å². The van der Waals surface area contributed by atoms with E-state index in [1.807, 2.05) is 12.1 Å². The number of nitrogens with zero attached hydrogens (tertiary/aromatic N) is 2. The Kier molecular flexibility index (Phi) is 10.4. The van der Waals surface area contributed by atoms with Crippen LogP contribution in [-0.2, 0) is 12.8 Å². The van der Waals surface area contributed by atoms with Crippen molar-refractivity contribution in [3.63, 3.8) is 0 Å². The minimum absolute atomic E-state index is 0. The Morgan fingerprint density at radius 3 is 2.73 bits per heavy atom. The van der Waals surface area contributed by atoms with E-state index in [0.717, 1.165) is 31.0 Å². The highest BCUT2D eigenvalue weighted by molar-refractivity contribution is 14.0. The highest BCUT2D eigenvalue weighted by Gasteiger charge is 2.09. The average Bonchev–Trinajstić information content (AvgIpc) is 3.14. The number of likely N-dealkylation sites (N-methyl/N-ethyl adjacent to an activating group) is 1. The van der Waals surface area contributed by atoms with E-state index in [9.17, 15) is 5.11 Å². The smallest absolute Gasteiger partial charge is 0.193 e. The van der Waals surface area contributed by atoms with Crippen molar-refractivity contribution in [1.29, 1.82) is 0 Å². The molecule has 0 amide bonds. The van der Waals surface area contributed by atoms with Gasteiger partial charge in [0.1, 0.15) is 0 Å². The number of hydrogen-bond donors (Lipinski definition) is 2. The number of aliphatic imine (C=N–C) groups is 1. The van der Waals surface area contributed by atoms with Gasteiger partial charge in [-0.15, -0.1) is 35.3 Å². The van der Waals surface area contributed by atoms with Crippen molar-refractivity contribution in [3.8, 4) is 11.5 Å². The third-order valence-corrected chi connectivity index (χ3v) is 4.85. The number of methoxy groups -OCH3 is 1. The zero-order valence-corrected chi connectivity index (χ0v) is 18.7. The molecule has 1 heterocycles. The first-order chi connectivity index (χ1) is 12.2. The zero-order valence-electron chi connectivity index (χ0n) is 15.6. The monoisotopic (exact) mass is 489 g/mol. The Hall–Kier alpha value is -1.48. The third-order valence-electron chi connectivity index (χ3n) is 3.92. The summed E-state index contributed by atoms with van der Waals surface area (Å²) in [6, 6.07) is 9.79. The van der Waals surface area contributed by atoms with Crippen LogP contribution in [0, 0.1) is 0 Å². The lowest BCUT2D eigenvalue weighted by atomic mass is 10.1. The number of guanidine groups is 1. The number of phenolic OH excluding ortho intramolecular Hbond substituents is 1. The maximum Gasteiger partial charge on any atom is 0.193 e. The molecule has 0 aliphatic rings. The molecule has 26 heavy (non-hydrogen) atoms. The molecule has 5 nitrogen and oxygen atoms in total. The number of benzene rings is 1. The van der Waals surface area contributed by atoms with E-state index in [4.69, 9.17) is 4.74 Å². The lowest BCUT2D eigenvalue weighted by Crippen LogP contribution is -2.40. The van der Waals surface area contributed by atoms with Crippen LogP contribution in [0.15, 0.2) is 40.7 Å². The van der Waals surface area contributed by atoms with Crippen molar-refractivity contribution < 1.29 is 9.84 Å². The van der Waals surface area contributed by atoms with E-state index in [1.165, 1.54) is 4.88 Å². The first kappa shape index (κ1) is 22.6. The molecule has 7 heteroatoms. The Balaban J connectivity index is 0.00000338. The molecule has 2 aromatic rings. The number of aromatic hydroxyl groups is 1. The summed E-state index contributed by atoms with van der Waals surface area (Å²) < 4.78 is 5.15. The number of nitrogens with one attached hydrogen (secondary N) is 1. The summed E-state index contributed by atoms with van der Waals surface area (Å²) in [7, 11) is 3.61. The second kappa shape index (κ2) is 12.0. The van der Waals surface area contributed by atoms with Crippen molar-refractivity contribution in [3.05, 3.63) is 46.2 Å². The molecule has 0 aliphatic carbocycles. The summed E-state index contributed by atoms with van der Waals surface area (Å²) in [4.78, 5) is 8.21. The van der Waals surface area contributed by atoms with Gasteiger partial charge in [0.25, 0.3) is 0 Å². The molecule has 0 unspecified atom stereocenters. The highest BCUT2D eigenvalue weighted by Crippen LogP contribution is 2.29. The minimum Gasteiger partial charge on any atom is -0.504 e. The Morgan fingerprint density at radius 2 is 2.08 bits per heavy atom. The molecule has 0 aliphatic heterocycles. The van der Waals surface area contributed by atoms with Crippen LogP contribution in [-0.4, -0.2) is 49.8 Å². The fourth-order valence-corrected chi connectivity index (χ4v) is 3.22. The molecule has 0 bridgehead atoms. The number of thiophene rings is 1. The molecular weight excluding hydrogens is 461 g/mol. The van der Waals surface area contributed by atoms with Gasteiger partial charge >= 0.3 is 0 Å². The standard InChI is InChI=1S/C19H27N3O2S.HI/c1-4-20-19(22(2)13-11-16-8-6-14-25-16)21-12-10-15-7-5-9-17(24-3)18(15)23;/h5-9,14,23H,4,10-13H2,1-3H3,(H,20,21);1H. The quantitative estimate of drug-likeness (QED) is 0.337. The predicted molar refractivity (Wildman–Crippen MR) is 120 cm³/mol. The Bertz CT molecular complexity index is 677. The normalized spacial score (nSPS) is 11.0. The SMILES string of the molecule is CCNC(=NCCc1cccc(OC)c1O)N(C)CCc1cccs1.I. The van der Waals surface area contributed by atoms with Crippen LogP contribution in [0.3, 0.4) is 0 Å². The van der Waals surface area contributed by atoms with E-state index < -0.39 is 0 Å². The van der Waals surface area contributed by atoms with Crippen LogP contribution in [0.2, 0.25) is 0 Å². The van der Waals surface area contributed by atoms with Gasteiger partial charge in [0, 0.05) is 31.6 Å². The Morgan fingerprint density at radius 1 is 1.27 bits per heavy atom. The summed E-state index contributed by atoms with van der Waals surface area (Å²) in [5, 5.41) is 15.6. The lowest BCUT2D eigenvalue weighted by molar-refractivity contribution is 0.370. The van der Waals surface area contributed by atoms with Crippen molar-refractivity contribution in [2.45, 2.75) is 19.8 Å². The first-order valence-electron chi connectivity index (χ1n) is 8.52. The van der Waals surface area contributed by atoms with E-state index in [2.05, 4.69) is 46.7 Å². The van der Waals surface area contributed by atoms with E-state index in [0.29, 0.717) is 18.7 Å². The minimum atomic E-state index is 0. The van der Waals surface area contributed by atoms with E-state index >= 15 is 0 Å². The highest BCUT2D eigenvalue weighted by atomic mass is 127. The first-order valence-corrected chi connectivity index (χ1v) is 9.40. The summed E-state index contributed by atoms with van der Waals surface area (Å²) in [6.07, 6.45) is 1.67. The van der Waals surface area contributed by atoms with Gasteiger partial charge < -0.3 is 20.1 Å². The largest absolute Gasteiger partial charge is 0.504 e. The second-order valence-corrected chi connectivity index (χ2v) is 6.74. The maximum atomic E-state index is 10.2. The average molecular weight is 489 g/mol. The molecule has 0 saturated heterocycles. The molecule has 0 atom stereocenters. The van der Waals surface area contributed by atoms with Crippen LogP contribution in [0.25, 0.3) is 0 Å². The van der Waals surface area contributed by atoms with Crippen LogP contribution in [0.5, 0.6) is 11.5 Å². The maximum absolute atomic E-state index is 10.2. The van der Waals surface area contributed by atoms with Crippen molar-refractivity contribution >= 4 is 41.3 Å². The van der Waals surface area contributed by atoms with Gasteiger partial charge in [0.15, 0.2) is 17.5 Å². The number of para-hydroxylation sites is 1. The summed E-state index contributed by atoms with van der Waals surface area (Å²) in [5.41, 5.74) is 0.847. The molecule has 1 aromatic carbocycles.